The van der Waals surface area contributed by atoms with Gasteiger partial charge in [-0.05, 0) is 81.3 Å². The SMILES string of the molecule is CC.CC.CC(C)=O.Cc1cccc(O[C@H]2c3ccccc3CC2N2CCCC(C)C2)c1. The summed E-state index contributed by atoms with van der Waals surface area (Å²) in [6, 6.07) is 17.7. The molecule has 2 aromatic rings. The lowest BCUT2D eigenvalue weighted by Gasteiger charge is -2.38. The van der Waals surface area contributed by atoms with Gasteiger partial charge in [0.2, 0.25) is 0 Å². The summed E-state index contributed by atoms with van der Waals surface area (Å²) < 4.78 is 6.54. The van der Waals surface area contributed by atoms with E-state index in [4.69, 9.17) is 4.74 Å². The summed E-state index contributed by atoms with van der Waals surface area (Å²) in [6.45, 7) is 18.0. The molecule has 0 bridgehead atoms. The highest BCUT2D eigenvalue weighted by Crippen LogP contribution is 2.39. The van der Waals surface area contributed by atoms with Gasteiger partial charge >= 0.3 is 0 Å². The average molecular weight is 440 g/mol. The Hall–Kier alpha value is -2.13. The minimum atomic E-state index is 0.147. The van der Waals surface area contributed by atoms with E-state index in [9.17, 15) is 4.79 Å². The normalized spacial score (nSPS) is 21.4. The number of piperidine rings is 1. The number of hydrogen-bond acceptors (Lipinski definition) is 3. The van der Waals surface area contributed by atoms with Crippen LogP contribution in [0, 0.1) is 12.8 Å². The standard InChI is InChI=1S/C22H27NO.C3H6O.2C2H6/c1-16-7-5-10-19(13-16)24-22-20-11-4-3-9-18(20)14-21(22)23-12-6-8-17(2)15-23;1-3(2)4;2*1-2/h3-5,7,9-11,13,17,21-22H,6,8,12,14-15H2,1-2H3;1-2H3;2*1-2H3/t17?,21?,22-;;;/m0.../s1. The maximum Gasteiger partial charge on any atom is 0.140 e. The monoisotopic (exact) mass is 439 g/mol. The lowest BCUT2D eigenvalue weighted by Crippen LogP contribution is -2.45. The van der Waals surface area contributed by atoms with Gasteiger partial charge in [-0.3, -0.25) is 4.90 Å². The van der Waals surface area contributed by atoms with Crippen molar-refractivity contribution in [2.75, 3.05) is 13.1 Å². The van der Waals surface area contributed by atoms with Crippen LogP contribution in [0.15, 0.2) is 48.5 Å². The highest BCUT2D eigenvalue weighted by molar-refractivity contribution is 5.72. The third-order valence-electron chi connectivity index (χ3n) is 5.55. The molecule has 0 amide bonds. The number of rotatable bonds is 3. The highest BCUT2D eigenvalue weighted by atomic mass is 16.5. The van der Waals surface area contributed by atoms with Gasteiger partial charge in [0.1, 0.15) is 17.6 Å². The fourth-order valence-electron chi connectivity index (χ4n) is 4.36. The summed E-state index contributed by atoms with van der Waals surface area (Å²) in [6.07, 6.45) is 3.93. The molecule has 0 N–H and O–H groups in total. The van der Waals surface area contributed by atoms with E-state index in [0.717, 1.165) is 18.1 Å². The van der Waals surface area contributed by atoms with E-state index in [2.05, 4.69) is 67.3 Å². The molecule has 0 spiro atoms. The largest absolute Gasteiger partial charge is 0.484 e. The molecule has 2 unspecified atom stereocenters. The van der Waals surface area contributed by atoms with E-state index < -0.39 is 0 Å². The van der Waals surface area contributed by atoms with Gasteiger partial charge < -0.3 is 9.53 Å². The molecule has 0 radical (unpaired) electrons. The van der Waals surface area contributed by atoms with Crippen LogP contribution in [0.4, 0.5) is 0 Å². The van der Waals surface area contributed by atoms with Gasteiger partial charge in [-0.15, -0.1) is 0 Å². The maximum atomic E-state index is 9.44. The van der Waals surface area contributed by atoms with Crippen molar-refractivity contribution in [1.82, 2.24) is 4.90 Å². The molecule has 2 aromatic carbocycles. The van der Waals surface area contributed by atoms with Crippen molar-refractivity contribution in [1.29, 1.82) is 0 Å². The van der Waals surface area contributed by atoms with Crippen LogP contribution in [-0.2, 0) is 11.2 Å². The number of nitrogens with zero attached hydrogens (tertiary/aromatic N) is 1. The van der Waals surface area contributed by atoms with E-state index in [1.165, 1.54) is 56.5 Å². The predicted octanol–water partition coefficient (Wildman–Crippen LogP) is 7.42. The number of aryl methyl sites for hydroxylation is 1. The van der Waals surface area contributed by atoms with Gasteiger partial charge in [0.15, 0.2) is 0 Å². The number of hydrogen-bond donors (Lipinski definition) is 0. The lowest BCUT2D eigenvalue weighted by molar-refractivity contribution is -0.114. The molecule has 3 heteroatoms. The molecule has 32 heavy (non-hydrogen) atoms. The molecule has 1 aliphatic carbocycles. The summed E-state index contributed by atoms with van der Waals surface area (Å²) in [7, 11) is 0. The van der Waals surface area contributed by atoms with Gasteiger partial charge in [0, 0.05) is 6.54 Å². The molecule has 2 aliphatic rings. The van der Waals surface area contributed by atoms with Crippen molar-refractivity contribution < 1.29 is 9.53 Å². The molecule has 3 atom stereocenters. The first-order valence-electron chi connectivity index (χ1n) is 12.5. The second kappa shape index (κ2) is 14.8. The molecule has 1 aliphatic heterocycles. The van der Waals surface area contributed by atoms with Gasteiger partial charge in [-0.2, -0.15) is 0 Å². The minimum Gasteiger partial charge on any atom is -0.484 e. The average Bonchev–Trinajstić information content (AvgIpc) is 3.15. The van der Waals surface area contributed by atoms with Gasteiger partial charge in [0.05, 0.1) is 6.04 Å². The molecular weight excluding hydrogens is 394 g/mol. The molecule has 4 rings (SSSR count). The molecule has 1 heterocycles. The zero-order valence-electron chi connectivity index (χ0n) is 21.7. The summed E-state index contributed by atoms with van der Waals surface area (Å²) in [5.41, 5.74) is 4.09. The lowest BCUT2D eigenvalue weighted by atomic mass is 9.97. The predicted molar refractivity (Wildman–Crippen MR) is 138 cm³/mol. The Morgan fingerprint density at radius 2 is 1.66 bits per heavy atom. The van der Waals surface area contributed by atoms with Crippen LogP contribution in [0.3, 0.4) is 0 Å². The van der Waals surface area contributed by atoms with Crippen LogP contribution >= 0.6 is 0 Å². The van der Waals surface area contributed by atoms with Crippen molar-refractivity contribution in [2.45, 2.75) is 86.8 Å². The number of Topliss-reactive ketones (excluding diaryl/α,β-unsaturated/α-hetero) is 1. The molecule has 1 fully saturated rings. The first-order valence-corrected chi connectivity index (χ1v) is 12.5. The Bertz CT molecular complexity index is 797. The number of carbonyl (C=O) groups is 1. The van der Waals surface area contributed by atoms with Crippen LogP contribution in [0.5, 0.6) is 5.75 Å². The topological polar surface area (TPSA) is 29.5 Å². The van der Waals surface area contributed by atoms with Gasteiger partial charge in [0.25, 0.3) is 0 Å². The van der Waals surface area contributed by atoms with E-state index in [1.54, 1.807) is 0 Å². The van der Waals surface area contributed by atoms with Crippen LogP contribution in [0.1, 0.15) is 84.1 Å². The zero-order valence-corrected chi connectivity index (χ0v) is 21.7. The molecule has 0 aromatic heterocycles. The summed E-state index contributed by atoms with van der Waals surface area (Å²) in [5, 5.41) is 0. The van der Waals surface area contributed by atoms with Crippen molar-refractivity contribution >= 4 is 5.78 Å². The van der Waals surface area contributed by atoms with E-state index in [-0.39, 0.29) is 11.9 Å². The third kappa shape index (κ3) is 8.43. The molecule has 1 saturated heterocycles. The number of fused-ring (bicyclic) bond motifs is 1. The smallest absolute Gasteiger partial charge is 0.140 e. The second-order valence-electron chi connectivity index (χ2n) is 8.48. The molecule has 0 saturated carbocycles. The van der Waals surface area contributed by atoms with Crippen molar-refractivity contribution in [3.63, 3.8) is 0 Å². The van der Waals surface area contributed by atoms with Crippen molar-refractivity contribution in [3.8, 4) is 5.75 Å². The Morgan fingerprint density at radius 3 is 2.28 bits per heavy atom. The first-order chi connectivity index (χ1) is 15.4. The number of carbonyl (C=O) groups excluding carboxylic acids is 1. The Morgan fingerprint density at radius 1 is 1.00 bits per heavy atom. The zero-order chi connectivity index (χ0) is 24.1. The minimum absolute atomic E-state index is 0.147. The molecule has 178 valence electrons. The highest BCUT2D eigenvalue weighted by Gasteiger charge is 2.39. The number of ketones is 1. The van der Waals surface area contributed by atoms with E-state index >= 15 is 0 Å². The first kappa shape index (κ1) is 27.9. The Labute approximate surface area is 197 Å². The van der Waals surface area contributed by atoms with Crippen LogP contribution in [-0.4, -0.2) is 29.8 Å². The Balaban J connectivity index is 0.000000568. The van der Waals surface area contributed by atoms with Gasteiger partial charge in [-0.25, -0.2) is 0 Å². The summed E-state index contributed by atoms with van der Waals surface area (Å²) >= 11 is 0. The Kier molecular flexibility index (Phi) is 12.9. The number of ether oxygens (including phenoxy) is 1. The fraction of sp³-hybridized carbons (Fsp3) is 0.552. The summed E-state index contributed by atoms with van der Waals surface area (Å²) in [4.78, 5) is 12.1. The van der Waals surface area contributed by atoms with Crippen LogP contribution in [0.2, 0.25) is 0 Å². The quantitative estimate of drug-likeness (QED) is 0.498. The third-order valence-corrected chi connectivity index (χ3v) is 5.55. The van der Waals surface area contributed by atoms with E-state index in [0.29, 0.717) is 6.04 Å². The summed E-state index contributed by atoms with van der Waals surface area (Å²) in [5.74, 6) is 1.95. The van der Waals surface area contributed by atoms with Crippen LogP contribution in [0.25, 0.3) is 0 Å². The van der Waals surface area contributed by atoms with E-state index in [1.807, 2.05) is 27.7 Å². The number of benzene rings is 2. The molecule has 3 nitrogen and oxygen atoms in total. The van der Waals surface area contributed by atoms with Gasteiger partial charge in [-0.1, -0.05) is 71.0 Å². The second-order valence-corrected chi connectivity index (χ2v) is 8.48. The fourth-order valence-corrected chi connectivity index (χ4v) is 4.36. The number of likely N-dealkylation sites (tertiary alicyclic amines) is 1. The van der Waals surface area contributed by atoms with Crippen LogP contribution < -0.4 is 4.74 Å². The van der Waals surface area contributed by atoms with Crippen molar-refractivity contribution in [2.24, 2.45) is 5.92 Å². The van der Waals surface area contributed by atoms with Crippen molar-refractivity contribution in [3.05, 3.63) is 65.2 Å². The maximum absolute atomic E-state index is 9.44. The molecular formula is C29H45NO2.